The highest BCUT2D eigenvalue weighted by Gasteiger charge is 2.14. The monoisotopic (exact) mass is 291 g/mol. The second-order valence-corrected chi connectivity index (χ2v) is 5.85. The van der Waals surface area contributed by atoms with Gasteiger partial charge in [-0.05, 0) is 44.7 Å². The number of hydrogen-bond acceptors (Lipinski definition) is 3. The van der Waals surface area contributed by atoms with Gasteiger partial charge in [-0.3, -0.25) is 0 Å². The molecule has 0 saturated heterocycles. The smallest absolute Gasteiger partial charge is 0.407 e. The second kappa shape index (κ2) is 8.47. The normalized spacial score (nSPS) is 11.6. The number of rotatable bonds is 6. The summed E-state index contributed by atoms with van der Waals surface area (Å²) in [6.07, 6.45) is 5.10. The number of ether oxygens (including phenoxy) is 1. The third kappa shape index (κ3) is 8.15. The molecule has 0 heterocycles. The predicted octanol–water partition coefficient (Wildman–Crippen LogP) is 3.15. The molecule has 116 valence electrons. The Kier molecular flexibility index (Phi) is 6.96. The minimum absolute atomic E-state index is 0.220. The first-order valence-electron chi connectivity index (χ1n) is 7.24. The van der Waals surface area contributed by atoms with E-state index < -0.39 is 11.7 Å². The Labute approximate surface area is 126 Å². The fourth-order valence-corrected chi connectivity index (χ4v) is 1.73. The van der Waals surface area contributed by atoms with Gasteiger partial charge in [-0.2, -0.15) is 0 Å². The minimum atomic E-state index is -0.474. The van der Waals surface area contributed by atoms with Crippen molar-refractivity contribution in [3.05, 3.63) is 41.5 Å². The lowest BCUT2D eigenvalue weighted by Gasteiger charge is -2.19. The summed E-state index contributed by atoms with van der Waals surface area (Å²) in [4.78, 5) is 11.4. The zero-order valence-corrected chi connectivity index (χ0v) is 13.1. The summed E-state index contributed by atoms with van der Waals surface area (Å²) in [6.45, 7) is 6.15. The number of amides is 1. The van der Waals surface area contributed by atoms with Crippen molar-refractivity contribution in [2.75, 3.05) is 13.2 Å². The van der Waals surface area contributed by atoms with E-state index in [4.69, 9.17) is 9.84 Å². The predicted molar refractivity (Wildman–Crippen MR) is 85.1 cm³/mol. The number of carbonyl (C=O) groups excluding carboxylic acids is 1. The first kappa shape index (κ1) is 17.2. The molecule has 0 bridgehead atoms. The Hall–Kier alpha value is -1.81. The molecule has 0 radical (unpaired) electrons. The molecule has 1 aromatic rings. The summed E-state index contributed by atoms with van der Waals surface area (Å²) in [5.41, 5.74) is 1.82. The highest BCUT2D eigenvalue weighted by molar-refractivity contribution is 5.68. The molecule has 1 aromatic carbocycles. The molecular formula is C17H25NO3. The Morgan fingerprint density at radius 1 is 1.29 bits per heavy atom. The summed E-state index contributed by atoms with van der Waals surface area (Å²) in [6, 6.07) is 8.15. The molecule has 4 heteroatoms. The molecule has 0 aliphatic heterocycles. The largest absolute Gasteiger partial charge is 0.444 e. The van der Waals surface area contributed by atoms with Crippen LogP contribution in [-0.4, -0.2) is 30.0 Å². The fraction of sp³-hybridized carbons (Fsp3) is 0.471. The van der Waals surface area contributed by atoms with Crippen LogP contribution in [0.2, 0.25) is 0 Å². The molecule has 2 N–H and O–H groups in total. The second-order valence-electron chi connectivity index (χ2n) is 5.85. The SMILES string of the molecule is CC(C)(C)OC(=O)NCC=Cc1ccc(CCCO)cc1. The van der Waals surface area contributed by atoms with Crippen LogP contribution in [0.25, 0.3) is 6.08 Å². The molecule has 21 heavy (non-hydrogen) atoms. The van der Waals surface area contributed by atoms with Gasteiger partial charge >= 0.3 is 6.09 Å². The van der Waals surface area contributed by atoms with Crippen molar-refractivity contribution < 1.29 is 14.6 Å². The Morgan fingerprint density at radius 2 is 1.95 bits per heavy atom. The summed E-state index contributed by atoms with van der Waals surface area (Å²) < 4.78 is 5.14. The van der Waals surface area contributed by atoms with E-state index in [9.17, 15) is 4.79 Å². The van der Waals surface area contributed by atoms with Crippen LogP contribution in [0.3, 0.4) is 0 Å². The zero-order valence-electron chi connectivity index (χ0n) is 13.1. The van der Waals surface area contributed by atoms with E-state index in [2.05, 4.69) is 17.4 Å². The lowest BCUT2D eigenvalue weighted by Crippen LogP contribution is -2.32. The summed E-state index contributed by atoms with van der Waals surface area (Å²) >= 11 is 0. The summed E-state index contributed by atoms with van der Waals surface area (Å²) in [5.74, 6) is 0. The average molecular weight is 291 g/mol. The molecule has 1 rings (SSSR count). The van der Waals surface area contributed by atoms with E-state index >= 15 is 0 Å². The van der Waals surface area contributed by atoms with Crippen LogP contribution in [0.15, 0.2) is 30.3 Å². The molecule has 4 nitrogen and oxygen atoms in total. The number of hydrogen-bond donors (Lipinski definition) is 2. The number of alkyl carbamates (subject to hydrolysis) is 1. The zero-order chi connectivity index (χ0) is 15.7. The Bertz CT molecular complexity index is 458. The van der Waals surface area contributed by atoms with Crippen LogP contribution in [0, 0.1) is 0 Å². The molecular weight excluding hydrogens is 266 g/mol. The maximum Gasteiger partial charge on any atom is 0.407 e. The van der Waals surface area contributed by atoms with Crippen LogP contribution >= 0.6 is 0 Å². The van der Waals surface area contributed by atoms with Gasteiger partial charge in [-0.25, -0.2) is 4.79 Å². The molecule has 0 aliphatic rings. The summed E-state index contributed by atoms with van der Waals surface area (Å²) in [7, 11) is 0. The first-order chi connectivity index (χ1) is 9.90. The lowest BCUT2D eigenvalue weighted by atomic mass is 10.1. The van der Waals surface area contributed by atoms with Crippen molar-refractivity contribution in [1.29, 1.82) is 0 Å². The number of nitrogens with one attached hydrogen (secondary N) is 1. The van der Waals surface area contributed by atoms with Gasteiger partial charge in [0.15, 0.2) is 0 Å². The standard InChI is InChI=1S/C17H25NO3/c1-17(2,3)21-16(20)18-12-4-6-14-8-10-15(11-9-14)7-5-13-19/h4,6,8-11,19H,5,7,12-13H2,1-3H3,(H,18,20). The van der Waals surface area contributed by atoms with Crippen molar-refractivity contribution >= 4 is 12.2 Å². The van der Waals surface area contributed by atoms with Crippen molar-refractivity contribution in [2.45, 2.75) is 39.2 Å². The van der Waals surface area contributed by atoms with E-state index in [1.807, 2.05) is 45.1 Å². The highest BCUT2D eigenvalue weighted by atomic mass is 16.6. The molecule has 0 spiro atoms. The van der Waals surface area contributed by atoms with Gasteiger partial charge in [0.25, 0.3) is 0 Å². The van der Waals surface area contributed by atoms with Gasteiger partial charge < -0.3 is 15.2 Å². The molecule has 0 unspecified atom stereocenters. The number of benzene rings is 1. The minimum Gasteiger partial charge on any atom is -0.444 e. The van der Waals surface area contributed by atoms with Crippen LogP contribution in [-0.2, 0) is 11.2 Å². The molecule has 0 saturated carbocycles. The summed E-state index contributed by atoms with van der Waals surface area (Å²) in [5, 5.41) is 11.5. The van der Waals surface area contributed by atoms with Gasteiger partial charge in [0, 0.05) is 13.2 Å². The van der Waals surface area contributed by atoms with Gasteiger partial charge in [0.05, 0.1) is 0 Å². The molecule has 0 aliphatic carbocycles. The van der Waals surface area contributed by atoms with E-state index in [0.29, 0.717) is 6.54 Å². The van der Waals surface area contributed by atoms with Gasteiger partial charge in [0.2, 0.25) is 0 Å². The van der Waals surface area contributed by atoms with E-state index in [0.717, 1.165) is 18.4 Å². The molecule has 0 atom stereocenters. The quantitative estimate of drug-likeness (QED) is 0.846. The molecule has 1 amide bonds. The molecule has 0 fully saturated rings. The lowest BCUT2D eigenvalue weighted by molar-refractivity contribution is 0.0534. The number of aliphatic hydroxyl groups excluding tert-OH is 1. The van der Waals surface area contributed by atoms with Crippen LogP contribution in [0.1, 0.15) is 38.3 Å². The number of carbonyl (C=O) groups is 1. The van der Waals surface area contributed by atoms with Crippen LogP contribution < -0.4 is 5.32 Å². The van der Waals surface area contributed by atoms with Gasteiger partial charge in [-0.1, -0.05) is 36.4 Å². The Balaban J connectivity index is 2.35. The van der Waals surface area contributed by atoms with Crippen molar-refractivity contribution in [1.82, 2.24) is 5.32 Å². The average Bonchev–Trinajstić information content (AvgIpc) is 2.41. The van der Waals surface area contributed by atoms with E-state index in [1.165, 1.54) is 5.56 Å². The van der Waals surface area contributed by atoms with E-state index in [-0.39, 0.29) is 6.61 Å². The van der Waals surface area contributed by atoms with Crippen LogP contribution in [0.5, 0.6) is 0 Å². The topological polar surface area (TPSA) is 58.6 Å². The van der Waals surface area contributed by atoms with Crippen molar-refractivity contribution in [2.24, 2.45) is 0 Å². The maximum atomic E-state index is 11.4. The van der Waals surface area contributed by atoms with Crippen molar-refractivity contribution in [3.63, 3.8) is 0 Å². The highest BCUT2D eigenvalue weighted by Crippen LogP contribution is 2.08. The molecule has 0 aromatic heterocycles. The fourth-order valence-electron chi connectivity index (χ4n) is 1.73. The van der Waals surface area contributed by atoms with Crippen molar-refractivity contribution in [3.8, 4) is 0 Å². The van der Waals surface area contributed by atoms with Gasteiger partial charge in [0.1, 0.15) is 5.60 Å². The number of aliphatic hydroxyl groups is 1. The first-order valence-corrected chi connectivity index (χ1v) is 7.24. The van der Waals surface area contributed by atoms with Crippen LogP contribution in [0.4, 0.5) is 4.79 Å². The third-order valence-corrected chi connectivity index (χ3v) is 2.68. The third-order valence-electron chi connectivity index (χ3n) is 2.68. The van der Waals surface area contributed by atoms with Gasteiger partial charge in [-0.15, -0.1) is 0 Å². The maximum absolute atomic E-state index is 11.4. The van der Waals surface area contributed by atoms with E-state index in [1.54, 1.807) is 0 Å². The Morgan fingerprint density at radius 3 is 2.52 bits per heavy atom. The number of aryl methyl sites for hydroxylation is 1.